The van der Waals surface area contributed by atoms with Crippen LogP contribution in [-0.2, 0) is 0 Å². The normalized spacial score (nSPS) is 15.9. The molecule has 1 aromatic carbocycles. The Kier molecular flexibility index (Phi) is 2.02. The lowest BCUT2D eigenvalue weighted by Gasteiger charge is -2.02. The van der Waals surface area contributed by atoms with Crippen LogP contribution in [0.15, 0.2) is 22.7 Å². The minimum Gasteiger partial charge on any atom is -0.496 e. The third-order valence-electron chi connectivity index (χ3n) is 2.96. The zero-order chi connectivity index (χ0) is 10.4. The second-order valence-electron chi connectivity index (χ2n) is 4.04. The van der Waals surface area contributed by atoms with Gasteiger partial charge < -0.3 is 9.72 Å². The summed E-state index contributed by atoms with van der Waals surface area (Å²) in [7, 11) is 1.69. The molecule has 0 saturated heterocycles. The minimum absolute atomic E-state index is 0.760. The monoisotopic (exact) mass is 265 g/mol. The van der Waals surface area contributed by atoms with Gasteiger partial charge >= 0.3 is 0 Å². The number of methoxy groups -OCH3 is 1. The van der Waals surface area contributed by atoms with Gasteiger partial charge in [0.15, 0.2) is 0 Å². The Morgan fingerprint density at radius 1 is 1.40 bits per heavy atom. The molecule has 3 heteroatoms. The Labute approximate surface area is 96.8 Å². The van der Waals surface area contributed by atoms with Crippen molar-refractivity contribution < 1.29 is 4.74 Å². The van der Waals surface area contributed by atoms with E-state index in [2.05, 4.69) is 33.0 Å². The maximum Gasteiger partial charge on any atom is 0.133 e. The van der Waals surface area contributed by atoms with Crippen molar-refractivity contribution in [1.29, 1.82) is 0 Å². The molecule has 1 aliphatic carbocycles. The highest BCUT2D eigenvalue weighted by molar-refractivity contribution is 9.10. The third-order valence-corrected chi connectivity index (χ3v) is 3.78. The van der Waals surface area contributed by atoms with E-state index in [1.54, 1.807) is 7.11 Å². The molecule has 1 aliphatic rings. The maximum absolute atomic E-state index is 5.28. The number of nitrogens with one attached hydrogen (secondary N) is 1. The zero-order valence-electron chi connectivity index (χ0n) is 8.51. The number of H-pyrrole nitrogens is 1. The third kappa shape index (κ3) is 1.46. The molecule has 0 radical (unpaired) electrons. The van der Waals surface area contributed by atoms with Crippen molar-refractivity contribution >= 4 is 26.8 Å². The number of benzene rings is 1. The van der Waals surface area contributed by atoms with Gasteiger partial charge in [-0.15, -0.1) is 0 Å². The van der Waals surface area contributed by atoms with E-state index >= 15 is 0 Å². The van der Waals surface area contributed by atoms with Gasteiger partial charge in [-0.3, -0.25) is 0 Å². The SMILES string of the molecule is COc1ccc2[nH]c(C3CC3)cc2c1Br. The molecule has 0 unspecified atom stereocenters. The summed E-state index contributed by atoms with van der Waals surface area (Å²) in [6, 6.07) is 6.30. The summed E-state index contributed by atoms with van der Waals surface area (Å²) < 4.78 is 6.32. The Morgan fingerprint density at radius 3 is 2.87 bits per heavy atom. The fourth-order valence-electron chi connectivity index (χ4n) is 1.94. The van der Waals surface area contributed by atoms with Crippen LogP contribution in [0.5, 0.6) is 5.75 Å². The molecule has 1 aromatic heterocycles. The molecule has 0 bridgehead atoms. The van der Waals surface area contributed by atoms with E-state index < -0.39 is 0 Å². The molecule has 1 heterocycles. The number of halogens is 1. The summed E-state index contributed by atoms with van der Waals surface area (Å²) in [4.78, 5) is 3.46. The van der Waals surface area contributed by atoms with Crippen LogP contribution in [-0.4, -0.2) is 12.1 Å². The van der Waals surface area contributed by atoms with E-state index in [1.807, 2.05) is 6.07 Å². The van der Waals surface area contributed by atoms with Crippen molar-refractivity contribution in [2.75, 3.05) is 7.11 Å². The zero-order valence-corrected chi connectivity index (χ0v) is 10.1. The molecule has 3 rings (SSSR count). The molecule has 15 heavy (non-hydrogen) atoms. The lowest BCUT2D eigenvalue weighted by Crippen LogP contribution is -1.83. The molecule has 0 atom stereocenters. The number of fused-ring (bicyclic) bond motifs is 1. The Balaban J connectivity index is 2.20. The van der Waals surface area contributed by atoms with Gasteiger partial charge in [-0.2, -0.15) is 0 Å². The van der Waals surface area contributed by atoms with E-state index in [9.17, 15) is 0 Å². The lowest BCUT2D eigenvalue weighted by molar-refractivity contribution is 0.413. The van der Waals surface area contributed by atoms with Gasteiger partial charge in [0.25, 0.3) is 0 Å². The summed E-state index contributed by atoms with van der Waals surface area (Å²) in [5.41, 5.74) is 2.54. The standard InChI is InChI=1S/C12H12BrNO/c1-15-11-5-4-9-8(12(11)13)6-10(14-9)7-2-3-7/h4-7,14H,2-3H2,1H3. The van der Waals surface area contributed by atoms with Crippen LogP contribution in [0.1, 0.15) is 24.5 Å². The summed E-state index contributed by atoms with van der Waals surface area (Å²) in [5, 5.41) is 1.22. The molecule has 78 valence electrons. The van der Waals surface area contributed by atoms with Crippen LogP contribution < -0.4 is 4.74 Å². The van der Waals surface area contributed by atoms with E-state index in [-0.39, 0.29) is 0 Å². The highest BCUT2D eigenvalue weighted by Gasteiger charge is 2.25. The Hall–Kier alpha value is -0.960. The van der Waals surface area contributed by atoms with Crippen molar-refractivity contribution in [3.05, 3.63) is 28.4 Å². The van der Waals surface area contributed by atoms with E-state index in [1.165, 1.54) is 29.4 Å². The second kappa shape index (κ2) is 3.27. The van der Waals surface area contributed by atoms with Crippen molar-refractivity contribution in [1.82, 2.24) is 4.98 Å². The predicted molar refractivity (Wildman–Crippen MR) is 64.5 cm³/mol. The summed E-state index contributed by atoms with van der Waals surface area (Å²) in [5.74, 6) is 1.65. The lowest BCUT2D eigenvalue weighted by atomic mass is 10.2. The van der Waals surface area contributed by atoms with Crippen molar-refractivity contribution in [2.24, 2.45) is 0 Å². The quantitative estimate of drug-likeness (QED) is 0.878. The Morgan fingerprint density at radius 2 is 2.20 bits per heavy atom. The first-order chi connectivity index (χ1) is 7.29. The molecule has 0 aliphatic heterocycles. The number of hydrogen-bond donors (Lipinski definition) is 1. The Bertz CT molecular complexity index is 514. The van der Waals surface area contributed by atoms with Crippen LogP contribution in [0, 0.1) is 0 Å². The van der Waals surface area contributed by atoms with Crippen molar-refractivity contribution in [3.8, 4) is 5.75 Å². The van der Waals surface area contributed by atoms with E-state index in [4.69, 9.17) is 4.74 Å². The predicted octanol–water partition coefficient (Wildman–Crippen LogP) is 3.82. The van der Waals surface area contributed by atoms with Crippen LogP contribution in [0.2, 0.25) is 0 Å². The van der Waals surface area contributed by atoms with Gasteiger partial charge in [-0.1, -0.05) is 0 Å². The van der Waals surface area contributed by atoms with Crippen LogP contribution in [0.4, 0.5) is 0 Å². The van der Waals surface area contributed by atoms with Crippen LogP contribution >= 0.6 is 15.9 Å². The highest BCUT2D eigenvalue weighted by Crippen LogP contribution is 2.42. The molecule has 0 spiro atoms. The molecular formula is C12H12BrNO. The van der Waals surface area contributed by atoms with Gasteiger partial charge in [0, 0.05) is 16.6 Å². The average Bonchev–Trinajstić information content (AvgIpc) is 2.99. The van der Waals surface area contributed by atoms with Gasteiger partial charge in [-0.05, 0) is 52.9 Å². The largest absolute Gasteiger partial charge is 0.496 e. The molecule has 1 fully saturated rings. The van der Waals surface area contributed by atoms with Crippen molar-refractivity contribution in [3.63, 3.8) is 0 Å². The average molecular weight is 266 g/mol. The first-order valence-electron chi connectivity index (χ1n) is 5.14. The second-order valence-corrected chi connectivity index (χ2v) is 4.83. The van der Waals surface area contributed by atoms with E-state index in [0.717, 1.165) is 16.1 Å². The van der Waals surface area contributed by atoms with Gasteiger partial charge in [0.1, 0.15) is 5.75 Å². The smallest absolute Gasteiger partial charge is 0.133 e. The number of ether oxygens (including phenoxy) is 1. The van der Waals surface area contributed by atoms with Crippen LogP contribution in [0.25, 0.3) is 10.9 Å². The van der Waals surface area contributed by atoms with Crippen LogP contribution in [0.3, 0.4) is 0 Å². The number of hydrogen-bond acceptors (Lipinski definition) is 1. The topological polar surface area (TPSA) is 25.0 Å². The fourth-order valence-corrected chi connectivity index (χ4v) is 2.56. The first kappa shape index (κ1) is 9.28. The molecular weight excluding hydrogens is 254 g/mol. The molecule has 1 N–H and O–H groups in total. The number of rotatable bonds is 2. The van der Waals surface area contributed by atoms with Gasteiger partial charge in [0.05, 0.1) is 11.6 Å². The molecule has 1 saturated carbocycles. The molecule has 0 amide bonds. The summed E-state index contributed by atoms with van der Waals surface area (Å²) in [6.07, 6.45) is 2.64. The minimum atomic E-state index is 0.760. The fraction of sp³-hybridized carbons (Fsp3) is 0.333. The van der Waals surface area contributed by atoms with Crippen molar-refractivity contribution in [2.45, 2.75) is 18.8 Å². The highest BCUT2D eigenvalue weighted by atomic mass is 79.9. The first-order valence-corrected chi connectivity index (χ1v) is 5.94. The number of aromatic nitrogens is 1. The summed E-state index contributed by atoms with van der Waals surface area (Å²) in [6.45, 7) is 0. The summed E-state index contributed by atoms with van der Waals surface area (Å²) >= 11 is 3.58. The van der Waals surface area contributed by atoms with Gasteiger partial charge in [0.2, 0.25) is 0 Å². The molecule has 2 aromatic rings. The maximum atomic E-state index is 5.28. The van der Waals surface area contributed by atoms with Gasteiger partial charge in [-0.25, -0.2) is 0 Å². The number of aromatic amines is 1. The molecule has 2 nitrogen and oxygen atoms in total. The van der Waals surface area contributed by atoms with E-state index in [0.29, 0.717) is 0 Å².